The zero-order valence-electron chi connectivity index (χ0n) is 11.8. The minimum absolute atomic E-state index is 0.146. The SMILES string of the molecule is N#Cc1c(-c2cccc(Cl)c2Cl)cc(-c2ccncc2)nc1N. The maximum atomic E-state index is 9.43. The van der Waals surface area contributed by atoms with E-state index in [-0.39, 0.29) is 11.4 Å². The van der Waals surface area contributed by atoms with Crippen molar-refractivity contribution in [3.8, 4) is 28.5 Å². The van der Waals surface area contributed by atoms with E-state index in [2.05, 4.69) is 16.0 Å². The molecule has 2 aromatic heterocycles. The number of nitriles is 1. The van der Waals surface area contributed by atoms with Crippen molar-refractivity contribution in [1.29, 1.82) is 5.26 Å². The molecule has 0 saturated heterocycles. The number of pyridine rings is 2. The maximum Gasteiger partial charge on any atom is 0.142 e. The molecule has 0 spiro atoms. The number of rotatable bonds is 2. The van der Waals surface area contributed by atoms with Gasteiger partial charge in [0, 0.05) is 29.1 Å². The van der Waals surface area contributed by atoms with E-state index in [9.17, 15) is 5.26 Å². The van der Waals surface area contributed by atoms with Gasteiger partial charge in [0.05, 0.1) is 15.7 Å². The highest BCUT2D eigenvalue weighted by atomic mass is 35.5. The van der Waals surface area contributed by atoms with E-state index in [1.165, 1.54) is 0 Å². The van der Waals surface area contributed by atoms with Crippen molar-refractivity contribution in [2.24, 2.45) is 0 Å². The third-order valence-electron chi connectivity index (χ3n) is 3.38. The van der Waals surface area contributed by atoms with E-state index in [1.54, 1.807) is 36.7 Å². The molecule has 0 unspecified atom stereocenters. The number of benzene rings is 1. The zero-order valence-corrected chi connectivity index (χ0v) is 13.3. The average molecular weight is 341 g/mol. The topological polar surface area (TPSA) is 75.6 Å². The van der Waals surface area contributed by atoms with Crippen LogP contribution in [-0.4, -0.2) is 9.97 Å². The van der Waals surface area contributed by atoms with Crippen LogP contribution in [0.3, 0.4) is 0 Å². The molecule has 23 heavy (non-hydrogen) atoms. The van der Waals surface area contributed by atoms with Crippen LogP contribution in [0.15, 0.2) is 48.8 Å². The van der Waals surface area contributed by atoms with Gasteiger partial charge in [0.1, 0.15) is 17.5 Å². The standard InChI is InChI=1S/C17H10Cl2N4/c18-14-3-1-2-11(16(14)19)12-8-15(10-4-6-22-7-5-10)23-17(21)13(12)9-20/h1-8H,(H2,21,23). The van der Waals surface area contributed by atoms with Crippen LogP contribution >= 0.6 is 23.2 Å². The Morgan fingerprint density at radius 3 is 2.48 bits per heavy atom. The molecule has 0 aliphatic heterocycles. The molecule has 0 atom stereocenters. The largest absolute Gasteiger partial charge is 0.383 e. The minimum Gasteiger partial charge on any atom is -0.383 e. The molecule has 4 nitrogen and oxygen atoms in total. The third kappa shape index (κ3) is 2.85. The molecule has 0 aliphatic rings. The van der Waals surface area contributed by atoms with Crippen molar-refractivity contribution in [2.75, 3.05) is 5.73 Å². The van der Waals surface area contributed by atoms with Gasteiger partial charge in [-0.05, 0) is 24.3 Å². The second-order valence-corrected chi connectivity index (χ2v) is 5.55. The van der Waals surface area contributed by atoms with Gasteiger partial charge in [0.15, 0.2) is 0 Å². The lowest BCUT2D eigenvalue weighted by Crippen LogP contribution is -2.00. The van der Waals surface area contributed by atoms with Gasteiger partial charge in [-0.1, -0.05) is 35.3 Å². The molecule has 2 N–H and O–H groups in total. The molecular weight excluding hydrogens is 331 g/mol. The molecule has 2 heterocycles. The number of nitrogens with two attached hydrogens (primary N) is 1. The fraction of sp³-hybridized carbons (Fsp3) is 0. The molecule has 0 amide bonds. The Morgan fingerprint density at radius 1 is 1.04 bits per heavy atom. The summed E-state index contributed by atoms with van der Waals surface area (Å²) < 4.78 is 0. The molecular formula is C17H10Cl2N4. The van der Waals surface area contributed by atoms with E-state index in [0.29, 0.717) is 26.9 Å². The number of hydrogen-bond acceptors (Lipinski definition) is 4. The van der Waals surface area contributed by atoms with Crippen molar-refractivity contribution >= 4 is 29.0 Å². The third-order valence-corrected chi connectivity index (χ3v) is 4.20. The highest BCUT2D eigenvalue weighted by molar-refractivity contribution is 6.43. The van der Waals surface area contributed by atoms with E-state index < -0.39 is 0 Å². The Hall–Kier alpha value is -2.61. The molecule has 0 saturated carbocycles. The smallest absolute Gasteiger partial charge is 0.142 e. The monoisotopic (exact) mass is 340 g/mol. The number of nitrogens with zero attached hydrogens (tertiary/aromatic N) is 3. The van der Waals surface area contributed by atoms with Gasteiger partial charge in [0.2, 0.25) is 0 Å². The van der Waals surface area contributed by atoms with Crippen LogP contribution in [0.25, 0.3) is 22.4 Å². The Kier molecular flexibility index (Phi) is 4.16. The van der Waals surface area contributed by atoms with Crippen LogP contribution < -0.4 is 5.73 Å². The second-order valence-electron chi connectivity index (χ2n) is 4.76. The van der Waals surface area contributed by atoms with Crippen molar-refractivity contribution in [3.05, 3.63) is 64.4 Å². The summed E-state index contributed by atoms with van der Waals surface area (Å²) in [4.78, 5) is 8.29. The fourth-order valence-corrected chi connectivity index (χ4v) is 2.68. The summed E-state index contributed by atoms with van der Waals surface area (Å²) in [5.74, 6) is 0.146. The summed E-state index contributed by atoms with van der Waals surface area (Å²) in [5.41, 5.74) is 8.95. The van der Waals surface area contributed by atoms with Crippen molar-refractivity contribution < 1.29 is 0 Å². The van der Waals surface area contributed by atoms with Gasteiger partial charge < -0.3 is 5.73 Å². The van der Waals surface area contributed by atoms with Gasteiger partial charge in [0.25, 0.3) is 0 Å². The lowest BCUT2D eigenvalue weighted by atomic mass is 9.98. The van der Waals surface area contributed by atoms with E-state index in [4.69, 9.17) is 28.9 Å². The van der Waals surface area contributed by atoms with E-state index >= 15 is 0 Å². The predicted octanol–water partition coefficient (Wildman–Crippen LogP) is 4.57. The van der Waals surface area contributed by atoms with Gasteiger partial charge >= 0.3 is 0 Å². The maximum absolute atomic E-state index is 9.43. The number of aromatic nitrogens is 2. The normalized spacial score (nSPS) is 10.3. The molecule has 0 bridgehead atoms. The van der Waals surface area contributed by atoms with Crippen molar-refractivity contribution in [2.45, 2.75) is 0 Å². The summed E-state index contributed by atoms with van der Waals surface area (Å²) in [5, 5.41) is 10.2. The first-order chi connectivity index (χ1) is 11.1. The minimum atomic E-state index is 0.146. The molecule has 112 valence electrons. The predicted molar refractivity (Wildman–Crippen MR) is 92.1 cm³/mol. The molecule has 6 heteroatoms. The molecule has 0 radical (unpaired) electrons. The van der Waals surface area contributed by atoms with Crippen molar-refractivity contribution in [1.82, 2.24) is 9.97 Å². The van der Waals surface area contributed by atoms with Crippen LogP contribution in [0.1, 0.15) is 5.56 Å². The van der Waals surface area contributed by atoms with Crippen LogP contribution in [0.5, 0.6) is 0 Å². The summed E-state index contributed by atoms with van der Waals surface area (Å²) in [6.45, 7) is 0. The molecule has 0 fully saturated rings. The highest BCUT2D eigenvalue weighted by Gasteiger charge is 2.16. The number of halogens is 2. The summed E-state index contributed by atoms with van der Waals surface area (Å²) in [6.07, 6.45) is 3.33. The summed E-state index contributed by atoms with van der Waals surface area (Å²) in [7, 11) is 0. The van der Waals surface area contributed by atoms with Gasteiger partial charge in [-0.25, -0.2) is 4.98 Å². The van der Waals surface area contributed by atoms with Crippen LogP contribution in [0.2, 0.25) is 10.0 Å². The van der Waals surface area contributed by atoms with Crippen LogP contribution in [-0.2, 0) is 0 Å². The Morgan fingerprint density at radius 2 is 1.78 bits per heavy atom. The van der Waals surface area contributed by atoms with Crippen LogP contribution in [0.4, 0.5) is 5.82 Å². The first-order valence-corrected chi connectivity index (χ1v) is 7.43. The summed E-state index contributed by atoms with van der Waals surface area (Å²) in [6, 6.07) is 12.8. The van der Waals surface area contributed by atoms with Crippen LogP contribution in [0, 0.1) is 11.3 Å². The van der Waals surface area contributed by atoms with E-state index in [0.717, 1.165) is 5.56 Å². The fourth-order valence-electron chi connectivity index (χ4n) is 2.28. The number of anilines is 1. The first kappa shape index (κ1) is 15.3. The lowest BCUT2D eigenvalue weighted by Gasteiger charge is -2.12. The molecule has 1 aromatic carbocycles. The van der Waals surface area contributed by atoms with Gasteiger partial charge in [-0.15, -0.1) is 0 Å². The highest BCUT2D eigenvalue weighted by Crippen LogP contribution is 2.37. The Bertz CT molecular complexity index is 918. The lowest BCUT2D eigenvalue weighted by molar-refractivity contribution is 1.28. The second kappa shape index (κ2) is 6.25. The number of hydrogen-bond donors (Lipinski definition) is 1. The van der Waals surface area contributed by atoms with Gasteiger partial charge in [-0.3, -0.25) is 4.98 Å². The molecule has 0 aliphatic carbocycles. The van der Waals surface area contributed by atoms with E-state index in [1.807, 2.05) is 12.1 Å². The molecule has 3 rings (SSSR count). The number of nitrogen functional groups attached to an aromatic ring is 1. The Labute approximate surface area is 143 Å². The first-order valence-electron chi connectivity index (χ1n) is 6.67. The average Bonchev–Trinajstić information content (AvgIpc) is 2.57. The molecule has 3 aromatic rings. The quantitative estimate of drug-likeness (QED) is 0.741. The zero-order chi connectivity index (χ0) is 16.4. The van der Waals surface area contributed by atoms with Gasteiger partial charge in [-0.2, -0.15) is 5.26 Å². The van der Waals surface area contributed by atoms with Crippen molar-refractivity contribution in [3.63, 3.8) is 0 Å². The summed E-state index contributed by atoms with van der Waals surface area (Å²) >= 11 is 12.4. The Balaban J connectivity index is 2.29.